The Kier molecular flexibility index (Phi) is 3.75. The molecule has 0 saturated carbocycles. The summed E-state index contributed by atoms with van der Waals surface area (Å²) < 4.78 is 5.82. The van der Waals surface area contributed by atoms with Crippen LogP contribution in [-0.4, -0.2) is 7.11 Å². The zero-order valence-electron chi connectivity index (χ0n) is 16.7. The van der Waals surface area contributed by atoms with Crippen molar-refractivity contribution in [2.24, 2.45) is 0 Å². The number of benzene rings is 6. The Morgan fingerprint density at radius 1 is 0.500 bits per heavy atom. The van der Waals surface area contributed by atoms with Crippen LogP contribution in [0.3, 0.4) is 0 Å². The summed E-state index contributed by atoms with van der Waals surface area (Å²) in [4.78, 5) is 0. The summed E-state index contributed by atoms with van der Waals surface area (Å²) in [7, 11) is 1.76. The Balaban J connectivity index is 1.72. The molecule has 142 valence electrons. The van der Waals surface area contributed by atoms with Crippen molar-refractivity contribution in [1.29, 1.82) is 0 Å². The first-order valence-corrected chi connectivity index (χ1v) is 10.2. The molecule has 6 aromatic carbocycles. The topological polar surface area (TPSA) is 9.23 Å². The fourth-order valence-corrected chi connectivity index (χ4v) is 4.70. The van der Waals surface area contributed by atoms with E-state index in [9.17, 15) is 0 Å². The molecule has 1 heteroatoms. The standard InChI is InChI=1S/C29H20O/c1-30-28-18-22-14-13-21(24-12-6-9-19-7-2-4-10-23(19)24)17-27(22)26-16-15-20-8-3-5-11-25(20)29(26)28/h2-18H,1H3. The first-order valence-electron chi connectivity index (χ1n) is 10.2. The van der Waals surface area contributed by atoms with Crippen LogP contribution < -0.4 is 4.74 Å². The predicted octanol–water partition coefficient (Wildman–Crippen LogP) is 7.98. The summed E-state index contributed by atoms with van der Waals surface area (Å²) in [6, 6.07) is 37.0. The van der Waals surface area contributed by atoms with Crippen LogP contribution in [0, 0.1) is 0 Å². The van der Waals surface area contributed by atoms with Crippen LogP contribution >= 0.6 is 0 Å². The lowest BCUT2D eigenvalue weighted by molar-refractivity contribution is 0.420. The molecule has 0 aliphatic rings. The number of fused-ring (bicyclic) bond motifs is 6. The van der Waals surface area contributed by atoms with Crippen molar-refractivity contribution in [3.63, 3.8) is 0 Å². The van der Waals surface area contributed by atoms with Gasteiger partial charge in [0.2, 0.25) is 0 Å². The van der Waals surface area contributed by atoms with Crippen LogP contribution in [0.25, 0.3) is 54.2 Å². The number of rotatable bonds is 2. The van der Waals surface area contributed by atoms with Gasteiger partial charge in [0.25, 0.3) is 0 Å². The number of methoxy groups -OCH3 is 1. The minimum atomic E-state index is 0.923. The van der Waals surface area contributed by atoms with Gasteiger partial charge in [-0.1, -0.05) is 91.0 Å². The summed E-state index contributed by atoms with van der Waals surface area (Å²) in [5.41, 5.74) is 2.50. The highest BCUT2D eigenvalue weighted by Gasteiger charge is 2.12. The molecule has 0 aromatic heterocycles. The third kappa shape index (κ3) is 2.49. The van der Waals surface area contributed by atoms with Crippen molar-refractivity contribution in [2.45, 2.75) is 0 Å². The summed E-state index contributed by atoms with van der Waals surface area (Å²) in [5, 5.41) is 9.85. The van der Waals surface area contributed by atoms with E-state index >= 15 is 0 Å². The molecule has 6 aromatic rings. The maximum Gasteiger partial charge on any atom is 0.127 e. The van der Waals surface area contributed by atoms with Crippen LogP contribution in [0.2, 0.25) is 0 Å². The van der Waals surface area contributed by atoms with E-state index in [1.54, 1.807) is 7.11 Å². The molecule has 0 bridgehead atoms. The predicted molar refractivity (Wildman–Crippen MR) is 128 cm³/mol. The molecule has 1 nitrogen and oxygen atoms in total. The van der Waals surface area contributed by atoms with Crippen LogP contribution in [0.5, 0.6) is 5.75 Å². The van der Waals surface area contributed by atoms with E-state index < -0.39 is 0 Å². The van der Waals surface area contributed by atoms with Gasteiger partial charge in [-0.2, -0.15) is 0 Å². The molecule has 0 N–H and O–H groups in total. The Labute approximate surface area is 175 Å². The largest absolute Gasteiger partial charge is 0.496 e. The molecular formula is C29H20O. The van der Waals surface area contributed by atoms with Crippen molar-refractivity contribution in [3.8, 4) is 16.9 Å². The average Bonchev–Trinajstić information content (AvgIpc) is 2.82. The SMILES string of the molecule is COc1cc2ccc(-c3cccc4ccccc34)cc2c2ccc3ccccc3c12. The molecule has 0 amide bonds. The highest BCUT2D eigenvalue weighted by molar-refractivity contribution is 6.20. The molecule has 30 heavy (non-hydrogen) atoms. The van der Waals surface area contributed by atoms with Crippen molar-refractivity contribution in [3.05, 3.63) is 103 Å². The van der Waals surface area contributed by atoms with Crippen molar-refractivity contribution in [2.75, 3.05) is 7.11 Å². The molecule has 0 fully saturated rings. The molecule has 0 aliphatic heterocycles. The number of hydrogen-bond acceptors (Lipinski definition) is 1. The monoisotopic (exact) mass is 384 g/mol. The van der Waals surface area contributed by atoms with Crippen LogP contribution in [-0.2, 0) is 0 Å². The number of hydrogen-bond donors (Lipinski definition) is 0. The third-order valence-corrected chi connectivity index (χ3v) is 6.13. The third-order valence-electron chi connectivity index (χ3n) is 6.13. The smallest absolute Gasteiger partial charge is 0.127 e. The molecule has 0 atom stereocenters. The molecule has 0 saturated heterocycles. The van der Waals surface area contributed by atoms with E-state index in [0.717, 1.165) is 5.75 Å². The number of ether oxygens (including phenoxy) is 1. The minimum Gasteiger partial charge on any atom is -0.496 e. The van der Waals surface area contributed by atoms with E-state index in [-0.39, 0.29) is 0 Å². The first-order chi connectivity index (χ1) is 14.8. The van der Waals surface area contributed by atoms with Gasteiger partial charge in [-0.15, -0.1) is 0 Å². The van der Waals surface area contributed by atoms with Crippen LogP contribution in [0.4, 0.5) is 0 Å². The molecule has 0 unspecified atom stereocenters. The Morgan fingerprint density at radius 2 is 1.20 bits per heavy atom. The van der Waals surface area contributed by atoms with Gasteiger partial charge in [0, 0.05) is 5.39 Å². The van der Waals surface area contributed by atoms with Gasteiger partial charge in [0.05, 0.1) is 7.11 Å². The van der Waals surface area contributed by atoms with Gasteiger partial charge in [-0.25, -0.2) is 0 Å². The quantitative estimate of drug-likeness (QED) is 0.275. The summed E-state index contributed by atoms with van der Waals surface area (Å²) in [6.45, 7) is 0. The fourth-order valence-electron chi connectivity index (χ4n) is 4.70. The summed E-state index contributed by atoms with van der Waals surface area (Å²) in [6.07, 6.45) is 0. The lowest BCUT2D eigenvalue weighted by Gasteiger charge is -2.14. The average molecular weight is 384 g/mol. The maximum absolute atomic E-state index is 5.82. The normalized spacial score (nSPS) is 11.5. The zero-order chi connectivity index (χ0) is 20.1. The minimum absolute atomic E-state index is 0.923. The molecule has 0 radical (unpaired) electrons. The Bertz CT molecular complexity index is 1570. The Morgan fingerprint density at radius 3 is 2.03 bits per heavy atom. The first kappa shape index (κ1) is 17.1. The van der Waals surface area contributed by atoms with E-state index in [2.05, 4.69) is 103 Å². The second kappa shape index (κ2) is 6.60. The Hall–Kier alpha value is -3.84. The molecule has 0 heterocycles. The van der Waals surface area contributed by atoms with Crippen molar-refractivity contribution >= 4 is 43.1 Å². The van der Waals surface area contributed by atoms with Crippen molar-refractivity contribution < 1.29 is 4.74 Å². The van der Waals surface area contributed by atoms with E-state index in [1.165, 1.54) is 54.2 Å². The lowest BCUT2D eigenvalue weighted by Crippen LogP contribution is -1.89. The maximum atomic E-state index is 5.82. The van der Waals surface area contributed by atoms with Gasteiger partial charge in [-0.05, 0) is 61.0 Å². The summed E-state index contributed by atoms with van der Waals surface area (Å²) in [5.74, 6) is 0.923. The van der Waals surface area contributed by atoms with Gasteiger partial charge in [0.1, 0.15) is 5.75 Å². The lowest BCUT2D eigenvalue weighted by atomic mass is 9.92. The van der Waals surface area contributed by atoms with Crippen LogP contribution in [0.1, 0.15) is 0 Å². The molecule has 6 rings (SSSR count). The highest BCUT2D eigenvalue weighted by Crippen LogP contribution is 2.40. The van der Waals surface area contributed by atoms with Gasteiger partial charge in [-0.3, -0.25) is 0 Å². The molecule has 0 aliphatic carbocycles. The second-order valence-electron chi connectivity index (χ2n) is 7.75. The zero-order valence-corrected chi connectivity index (χ0v) is 16.7. The van der Waals surface area contributed by atoms with Crippen LogP contribution in [0.15, 0.2) is 103 Å². The molecular weight excluding hydrogens is 364 g/mol. The van der Waals surface area contributed by atoms with E-state index in [4.69, 9.17) is 4.74 Å². The molecule has 0 spiro atoms. The van der Waals surface area contributed by atoms with Gasteiger partial charge in [0.15, 0.2) is 0 Å². The highest BCUT2D eigenvalue weighted by atomic mass is 16.5. The second-order valence-corrected chi connectivity index (χ2v) is 7.75. The van der Waals surface area contributed by atoms with Crippen molar-refractivity contribution in [1.82, 2.24) is 0 Å². The van der Waals surface area contributed by atoms with E-state index in [1.807, 2.05) is 0 Å². The van der Waals surface area contributed by atoms with E-state index in [0.29, 0.717) is 0 Å². The fraction of sp³-hybridized carbons (Fsp3) is 0.0345. The van der Waals surface area contributed by atoms with Gasteiger partial charge >= 0.3 is 0 Å². The van der Waals surface area contributed by atoms with Gasteiger partial charge < -0.3 is 4.74 Å². The summed E-state index contributed by atoms with van der Waals surface area (Å²) >= 11 is 0.